The molecule has 6 heterocycles. The zero-order chi connectivity index (χ0) is 44.1. The molecule has 4 unspecified atom stereocenters. The summed E-state index contributed by atoms with van der Waals surface area (Å²) in [5, 5.41) is 23.9. The number of hydrogen-bond donors (Lipinski definition) is 3. The van der Waals surface area contributed by atoms with Crippen molar-refractivity contribution in [2.24, 2.45) is 22.7 Å². The molecule has 1 saturated carbocycles. The highest BCUT2D eigenvalue weighted by molar-refractivity contribution is 7.91. The van der Waals surface area contributed by atoms with Crippen molar-refractivity contribution in [1.82, 2.24) is 19.7 Å². The Morgan fingerprint density at radius 1 is 1.05 bits per heavy atom. The lowest BCUT2D eigenvalue weighted by molar-refractivity contribution is -0.243. The minimum Gasteiger partial charge on any atom is -0.611 e. The van der Waals surface area contributed by atoms with E-state index in [9.17, 15) is 24.4 Å². The van der Waals surface area contributed by atoms with E-state index in [1.165, 1.54) is 26.7 Å². The number of hydrogen-bond acceptors (Lipinski definition) is 13. The number of H-pyrrole nitrogens is 1. The number of aliphatic hydroxyl groups excluding tert-OH is 1. The Kier molecular flexibility index (Phi) is 10.9. The van der Waals surface area contributed by atoms with Gasteiger partial charge in [0.2, 0.25) is 5.60 Å². The second kappa shape index (κ2) is 15.6. The van der Waals surface area contributed by atoms with Gasteiger partial charge in [-0.25, -0.2) is 4.79 Å². The third-order valence-corrected chi connectivity index (χ3v) is 17.1. The molecule has 14 nitrogen and oxygen atoms in total. The zero-order valence-electron chi connectivity index (χ0n) is 36.8. The van der Waals surface area contributed by atoms with E-state index in [1.807, 2.05) is 43.1 Å². The van der Waals surface area contributed by atoms with Crippen LogP contribution in [0.15, 0.2) is 70.3 Å². The quantitative estimate of drug-likeness (QED) is 0.137. The lowest BCUT2D eigenvalue weighted by atomic mass is 9.47. The van der Waals surface area contributed by atoms with Gasteiger partial charge in [0.25, 0.3) is 0 Å². The maximum absolute atomic E-state index is 15.4. The van der Waals surface area contributed by atoms with Crippen molar-refractivity contribution in [3.63, 3.8) is 0 Å². The molecule has 0 radical (unpaired) electrons. The van der Waals surface area contributed by atoms with Crippen LogP contribution in [-0.2, 0) is 56.5 Å². The van der Waals surface area contributed by atoms with Gasteiger partial charge >= 0.3 is 17.9 Å². The molecule has 0 amide bonds. The topological polar surface area (TPSA) is 177 Å². The average Bonchev–Trinajstić information content (AvgIpc) is 3.92. The van der Waals surface area contributed by atoms with Crippen molar-refractivity contribution in [3.05, 3.63) is 76.7 Å². The molecule has 334 valence electrons. The Labute approximate surface area is 366 Å². The number of allylic oxidation sites excluding steroid dienone is 1. The van der Waals surface area contributed by atoms with E-state index in [-0.39, 0.29) is 24.3 Å². The van der Waals surface area contributed by atoms with Gasteiger partial charge in [-0.05, 0) is 78.7 Å². The van der Waals surface area contributed by atoms with E-state index in [2.05, 4.69) is 46.0 Å². The molecule has 12 atom stereocenters. The fraction of sp³-hybridized carbons (Fsp3) is 0.596. The number of methoxy groups -OCH3 is 3. The third kappa shape index (κ3) is 5.80. The monoisotopic (exact) mass is 872 g/mol. The summed E-state index contributed by atoms with van der Waals surface area (Å²) >= 11 is -1.43. The number of carbonyl (C=O) groups is 3. The highest BCUT2D eigenvalue weighted by Crippen LogP contribution is 2.70. The molecule has 1 aromatic heterocycles. The fourth-order valence-electron chi connectivity index (χ4n) is 13.7. The van der Waals surface area contributed by atoms with E-state index in [4.69, 9.17) is 18.9 Å². The van der Waals surface area contributed by atoms with Crippen LogP contribution in [-0.4, -0.2) is 149 Å². The molecule has 1 spiro atoms. The number of rotatable bonds is 10. The molecule has 3 fully saturated rings. The summed E-state index contributed by atoms with van der Waals surface area (Å²) in [5.74, 6) is -2.46. The van der Waals surface area contributed by atoms with Crippen LogP contribution in [0.3, 0.4) is 0 Å². The summed E-state index contributed by atoms with van der Waals surface area (Å²) in [6.07, 6.45) is 11.0. The Morgan fingerprint density at radius 3 is 2.50 bits per heavy atom. The lowest BCUT2D eigenvalue weighted by Gasteiger charge is -2.63. The molecular weight excluding hydrogens is 813 g/mol. The maximum Gasteiger partial charge on any atom is 0.344 e. The summed E-state index contributed by atoms with van der Waals surface area (Å²) in [5.41, 5.74) is -0.132. The number of aromatic amines is 1. The number of aliphatic hydroxyl groups is 2. The smallest absolute Gasteiger partial charge is 0.344 e. The van der Waals surface area contributed by atoms with Crippen LogP contribution in [0.2, 0.25) is 0 Å². The van der Waals surface area contributed by atoms with E-state index in [0.29, 0.717) is 50.3 Å². The Bertz CT molecular complexity index is 2310. The summed E-state index contributed by atoms with van der Waals surface area (Å²) < 4.78 is 37.4. The molecule has 1 aromatic carbocycles. The molecule has 2 aliphatic carbocycles. The van der Waals surface area contributed by atoms with Crippen molar-refractivity contribution in [1.29, 1.82) is 0 Å². The van der Waals surface area contributed by atoms with Gasteiger partial charge in [0, 0.05) is 98.4 Å². The molecule has 15 heteroatoms. The van der Waals surface area contributed by atoms with Gasteiger partial charge in [0.1, 0.15) is 11.2 Å². The highest BCUT2D eigenvalue weighted by atomic mass is 32.2. The second-order valence-electron chi connectivity index (χ2n) is 18.5. The number of benzene rings is 1. The van der Waals surface area contributed by atoms with E-state index < -0.39 is 75.1 Å². The molecule has 5 aliphatic heterocycles. The first-order chi connectivity index (χ1) is 29.7. The van der Waals surface area contributed by atoms with E-state index in [1.54, 1.807) is 7.11 Å². The lowest BCUT2D eigenvalue weighted by Crippen LogP contribution is -2.79. The van der Waals surface area contributed by atoms with Gasteiger partial charge in [0.05, 0.1) is 33.0 Å². The van der Waals surface area contributed by atoms with Gasteiger partial charge in [-0.1, -0.05) is 43.7 Å². The first-order valence-electron chi connectivity index (χ1n) is 22.0. The average molecular weight is 873 g/mol. The van der Waals surface area contributed by atoms with Crippen molar-refractivity contribution >= 4 is 40.0 Å². The molecule has 9 rings (SSSR count). The normalized spacial score (nSPS) is 37.4. The van der Waals surface area contributed by atoms with Gasteiger partial charge in [0.15, 0.2) is 11.0 Å². The number of nitrogens with one attached hydrogen (secondary N) is 1. The van der Waals surface area contributed by atoms with Crippen LogP contribution < -0.4 is 0 Å². The van der Waals surface area contributed by atoms with Gasteiger partial charge < -0.3 is 43.6 Å². The van der Waals surface area contributed by atoms with Crippen molar-refractivity contribution in [2.45, 2.75) is 93.2 Å². The standard InChI is InChI=1S/C47H60N4O10S/c1-8-28-19-29-23-46(42(54)59-6,38-32(26-50(24-28)25-29)31-20-30(62(57)18-17-52)11-12-35(31)48-38)34-21-33-36(22-37(34)58-5)49(4)40-45(33)14-16-51-15-10-13-44(9-2,39(45)51)41(61-27(3)53)47(40,56)43(55)60-7/h10-13,19-22,29,34,37,39-41,48,52,56H,8-9,14-18,23-26H2,1-7H3/t29-,34?,37?,39+,40-,41-,44-,45-,46+,47+,62?/m1/s1. The van der Waals surface area contributed by atoms with E-state index in [0.717, 1.165) is 46.4 Å². The Hall–Kier alpha value is -3.96. The van der Waals surface area contributed by atoms with Gasteiger partial charge in [-0.3, -0.25) is 19.4 Å². The molecule has 3 N–H and O–H groups in total. The SMILES string of the molecule is CCC1=C[C@H]2CN(C1)Cc1c([nH]c3ccc([S+]([O-])CCO)cc13)[C@@](C(=O)OC)(C1C=C3C(=CC1OC)N(C)[C@H]1[C@@](O)(C(=O)OC)[C@H](OC(C)=O)[C@]4(CC)C=CCN5CC[C@]31[C@@H]54)C2. The Balaban J connectivity index is 1.33. The number of ether oxygens (including phenoxy) is 4. The molecule has 7 aliphatic rings. The predicted molar refractivity (Wildman–Crippen MR) is 231 cm³/mol. The van der Waals surface area contributed by atoms with Crippen LogP contribution in [0.1, 0.15) is 57.7 Å². The van der Waals surface area contributed by atoms with Gasteiger partial charge in [-0.15, -0.1) is 0 Å². The number of carbonyl (C=O) groups excluding carboxylic acids is 3. The second-order valence-corrected chi connectivity index (χ2v) is 20.0. The van der Waals surface area contributed by atoms with Crippen LogP contribution >= 0.6 is 0 Å². The first-order valence-corrected chi connectivity index (χ1v) is 23.3. The molecule has 62 heavy (non-hydrogen) atoms. The van der Waals surface area contributed by atoms with Crippen molar-refractivity contribution in [3.8, 4) is 0 Å². The number of nitrogens with zero attached hydrogens (tertiary/aromatic N) is 3. The minimum absolute atomic E-state index is 0.0230. The summed E-state index contributed by atoms with van der Waals surface area (Å²) in [4.78, 5) is 54.0. The first kappa shape index (κ1) is 43.3. The van der Waals surface area contributed by atoms with Crippen LogP contribution in [0.4, 0.5) is 0 Å². The highest BCUT2D eigenvalue weighted by Gasteiger charge is 2.81. The van der Waals surface area contributed by atoms with Crippen LogP contribution in [0, 0.1) is 22.7 Å². The molecule has 2 saturated heterocycles. The predicted octanol–water partition coefficient (Wildman–Crippen LogP) is 3.50. The maximum atomic E-state index is 15.4. The minimum atomic E-state index is -2.30. The number of likely N-dealkylation sites (tertiary alicyclic amines) is 1. The Morgan fingerprint density at radius 2 is 1.82 bits per heavy atom. The van der Waals surface area contributed by atoms with Gasteiger partial charge in [-0.2, -0.15) is 0 Å². The molecule has 2 aromatic rings. The summed E-state index contributed by atoms with van der Waals surface area (Å²) in [6, 6.07) is 4.43. The number of fused-ring (bicyclic) bond motifs is 6. The third-order valence-electron chi connectivity index (χ3n) is 15.8. The number of likely N-dealkylation sites (N-methyl/N-ethyl adjacent to an activating group) is 1. The van der Waals surface area contributed by atoms with E-state index >= 15 is 4.79 Å². The summed E-state index contributed by atoms with van der Waals surface area (Å²) in [6.45, 7) is 8.60. The largest absolute Gasteiger partial charge is 0.611 e. The van der Waals surface area contributed by atoms with Crippen molar-refractivity contribution in [2.75, 3.05) is 66.9 Å². The zero-order valence-corrected chi connectivity index (χ0v) is 37.6. The molecule has 2 bridgehead atoms. The molecular formula is C47H60N4O10S. The number of esters is 3. The van der Waals surface area contributed by atoms with Crippen LogP contribution in [0.5, 0.6) is 0 Å². The van der Waals surface area contributed by atoms with Crippen LogP contribution in [0.25, 0.3) is 10.9 Å². The fourth-order valence-corrected chi connectivity index (χ4v) is 14.5. The summed E-state index contributed by atoms with van der Waals surface area (Å²) in [7, 11) is 6.20. The number of aromatic nitrogens is 1. The van der Waals surface area contributed by atoms with Crippen molar-refractivity contribution < 1.29 is 48.1 Å².